The van der Waals surface area contributed by atoms with E-state index in [0.29, 0.717) is 23.9 Å². The number of hydrogen-bond donors (Lipinski definition) is 2. The highest BCUT2D eigenvalue weighted by Crippen LogP contribution is 2.31. The summed E-state index contributed by atoms with van der Waals surface area (Å²) >= 11 is 0. The first-order valence-corrected chi connectivity index (χ1v) is 8.45. The van der Waals surface area contributed by atoms with Crippen LogP contribution in [0.15, 0.2) is 36.5 Å². The van der Waals surface area contributed by atoms with E-state index in [1.807, 2.05) is 37.3 Å². The Morgan fingerprint density at radius 3 is 3.00 bits per heavy atom. The van der Waals surface area contributed by atoms with E-state index in [0.717, 1.165) is 29.4 Å². The molecule has 0 bridgehead atoms. The first-order chi connectivity index (χ1) is 12.1. The third-order valence-electron chi connectivity index (χ3n) is 4.69. The van der Waals surface area contributed by atoms with E-state index in [-0.39, 0.29) is 11.9 Å². The molecule has 2 heterocycles. The van der Waals surface area contributed by atoms with Gasteiger partial charge in [0.25, 0.3) is 5.91 Å². The second kappa shape index (κ2) is 6.25. The number of nitrogens with one attached hydrogen (secondary N) is 1. The molecule has 128 valence electrons. The van der Waals surface area contributed by atoms with Gasteiger partial charge in [-0.05, 0) is 49.9 Å². The van der Waals surface area contributed by atoms with Gasteiger partial charge in [-0.2, -0.15) is 0 Å². The second-order valence-corrected chi connectivity index (χ2v) is 6.49. The fourth-order valence-corrected chi connectivity index (χ4v) is 3.02. The Bertz CT molecular complexity index is 925. The largest absolute Gasteiger partial charge is 0.349 e. The Morgan fingerprint density at radius 2 is 2.20 bits per heavy atom. The molecule has 7 nitrogen and oxygen atoms in total. The van der Waals surface area contributed by atoms with Crippen LogP contribution < -0.4 is 11.1 Å². The normalized spacial score (nSPS) is 15.3. The van der Waals surface area contributed by atoms with Gasteiger partial charge in [-0.1, -0.05) is 11.3 Å². The zero-order valence-electron chi connectivity index (χ0n) is 14.0. The Balaban J connectivity index is 1.61. The van der Waals surface area contributed by atoms with Gasteiger partial charge in [0.2, 0.25) is 0 Å². The molecule has 1 fully saturated rings. The van der Waals surface area contributed by atoms with E-state index < -0.39 is 0 Å². The summed E-state index contributed by atoms with van der Waals surface area (Å²) in [7, 11) is 0. The van der Waals surface area contributed by atoms with Crippen molar-refractivity contribution in [2.24, 2.45) is 11.7 Å². The van der Waals surface area contributed by atoms with Crippen LogP contribution in [-0.4, -0.2) is 38.5 Å². The van der Waals surface area contributed by atoms with E-state index in [4.69, 9.17) is 5.73 Å². The average Bonchev–Trinajstić information content (AvgIpc) is 3.42. The molecule has 2 aromatic heterocycles. The zero-order valence-corrected chi connectivity index (χ0v) is 14.0. The van der Waals surface area contributed by atoms with E-state index >= 15 is 0 Å². The van der Waals surface area contributed by atoms with Crippen LogP contribution in [0.2, 0.25) is 0 Å². The molecule has 1 atom stereocenters. The van der Waals surface area contributed by atoms with Gasteiger partial charge in [0.05, 0.1) is 16.9 Å². The number of nitrogens with two attached hydrogens (primary N) is 1. The molecular weight excluding hydrogens is 316 g/mol. The van der Waals surface area contributed by atoms with Crippen LogP contribution in [0.3, 0.4) is 0 Å². The molecule has 1 saturated carbocycles. The number of fused-ring (bicyclic) bond motifs is 1. The summed E-state index contributed by atoms with van der Waals surface area (Å²) in [4.78, 5) is 16.8. The highest BCUT2D eigenvalue weighted by atomic mass is 16.2. The smallest absolute Gasteiger partial charge is 0.273 e. The molecule has 3 aromatic rings. The lowest BCUT2D eigenvalue weighted by molar-refractivity contribution is 0.0944. The van der Waals surface area contributed by atoms with Gasteiger partial charge in [-0.15, -0.1) is 5.10 Å². The molecule has 1 amide bonds. The monoisotopic (exact) mass is 336 g/mol. The minimum atomic E-state index is -0.238. The number of rotatable bonds is 5. The van der Waals surface area contributed by atoms with E-state index in [1.165, 1.54) is 0 Å². The van der Waals surface area contributed by atoms with Crippen molar-refractivity contribution in [1.29, 1.82) is 0 Å². The topological polar surface area (TPSA) is 98.7 Å². The van der Waals surface area contributed by atoms with Gasteiger partial charge in [-0.3, -0.25) is 9.78 Å². The third-order valence-corrected chi connectivity index (χ3v) is 4.69. The maximum Gasteiger partial charge on any atom is 0.273 e. The van der Waals surface area contributed by atoms with Crippen LogP contribution in [0.4, 0.5) is 0 Å². The summed E-state index contributed by atoms with van der Waals surface area (Å²) in [6.45, 7) is 2.30. The number of hydrogen-bond acceptors (Lipinski definition) is 5. The van der Waals surface area contributed by atoms with Crippen molar-refractivity contribution >= 4 is 16.8 Å². The number of aromatic nitrogens is 4. The Kier molecular flexibility index (Phi) is 3.93. The molecule has 3 N–H and O–H groups in total. The van der Waals surface area contributed by atoms with Crippen molar-refractivity contribution in [3.63, 3.8) is 0 Å². The minimum absolute atomic E-state index is 0.0171. The van der Waals surface area contributed by atoms with Gasteiger partial charge >= 0.3 is 0 Å². The number of amides is 1. The fraction of sp³-hybridized carbons (Fsp3) is 0.333. The molecule has 0 radical (unpaired) electrons. The van der Waals surface area contributed by atoms with Crippen LogP contribution in [0.25, 0.3) is 16.6 Å². The van der Waals surface area contributed by atoms with Crippen molar-refractivity contribution in [1.82, 2.24) is 25.3 Å². The minimum Gasteiger partial charge on any atom is -0.349 e. The lowest BCUT2D eigenvalue weighted by atomic mass is 10.1. The van der Waals surface area contributed by atoms with Crippen LogP contribution in [0, 0.1) is 12.8 Å². The van der Waals surface area contributed by atoms with Crippen molar-refractivity contribution in [2.75, 3.05) is 6.54 Å². The summed E-state index contributed by atoms with van der Waals surface area (Å²) in [5.74, 6) is 0.304. The highest BCUT2D eigenvalue weighted by Gasteiger charge is 2.29. The van der Waals surface area contributed by atoms with Gasteiger partial charge < -0.3 is 11.1 Å². The zero-order chi connectivity index (χ0) is 17.4. The SMILES string of the molecule is Cc1c(C(=O)NCC(N)C2CC2)nnn1-c1cccc2ncccc12. The average molecular weight is 336 g/mol. The number of nitrogens with zero attached hydrogens (tertiary/aromatic N) is 4. The van der Waals surface area contributed by atoms with E-state index in [2.05, 4.69) is 20.6 Å². The first kappa shape index (κ1) is 15.7. The second-order valence-electron chi connectivity index (χ2n) is 6.49. The van der Waals surface area contributed by atoms with E-state index in [1.54, 1.807) is 10.9 Å². The van der Waals surface area contributed by atoms with Gasteiger partial charge in [0, 0.05) is 24.2 Å². The first-order valence-electron chi connectivity index (χ1n) is 8.45. The molecule has 0 aliphatic heterocycles. The molecule has 4 rings (SSSR count). The molecule has 0 spiro atoms. The number of benzene rings is 1. The molecule has 1 aliphatic rings. The summed E-state index contributed by atoms with van der Waals surface area (Å²) in [6.07, 6.45) is 4.06. The van der Waals surface area contributed by atoms with Crippen molar-refractivity contribution in [2.45, 2.75) is 25.8 Å². The van der Waals surface area contributed by atoms with Crippen LogP contribution in [-0.2, 0) is 0 Å². The summed E-state index contributed by atoms with van der Waals surface area (Å²) in [5.41, 5.74) is 8.77. The molecule has 1 aromatic carbocycles. The summed E-state index contributed by atoms with van der Waals surface area (Å²) in [5, 5.41) is 12.1. The molecule has 1 unspecified atom stereocenters. The number of carbonyl (C=O) groups is 1. The molecule has 7 heteroatoms. The van der Waals surface area contributed by atoms with Crippen molar-refractivity contribution < 1.29 is 4.79 Å². The van der Waals surface area contributed by atoms with E-state index in [9.17, 15) is 4.79 Å². The van der Waals surface area contributed by atoms with Gasteiger partial charge in [0.15, 0.2) is 5.69 Å². The molecule has 0 saturated heterocycles. The lowest BCUT2D eigenvalue weighted by Crippen LogP contribution is -2.38. The molecule has 1 aliphatic carbocycles. The number of carbonyl (C=O) groups excluding carboxylic acids is 1. The predicted molar refractivity (Wildman–Crippen MR) is 94.4 cm³/mol. The highest BCUT2D eigenvalue weighted by molar-refractivity contribution is 5.94. The van der Waals surface area contributed by atoms with Crippen LogP contribution in [0.5, 0.6) is 0 Å². The van der Waals surface area contributed by atoms with Crippen molar-refractivity contribution in [3.8, 4) is 5.69 Å². The predicted octanol–water partition coefficient (Wildman–Crippen LogP) is 1.59. The molecular formula is C18H20N6O. The third kappa shape index (κ3) is 2.98. The summed E-state index contributed by atoms with van der Waals surface area (Å²) in [6, 6.07) is 9.68. The van der Waals surface area contributed by atoms with Crippen LogP contribution >= 0.6 is 0 Å². The van der Waals surface area contributed by atoms with Gasteiger partial charge in [-0.25, -0.2) is 4.68 Å². The molecule has 25 heavy (non-hydrogen) atoms. The number of pyridine rings is 1. The Hall–Kier alpha value is -2.80. The van der Waals surface area contributed by atoms with Gasteiger partial charge in [0.1, 0.15) is 0 Å². The lowest BCUT2D eigenvalue weighted by Gasteiger charge is -2.11. The van der Waals surface area contributed by atoms with Crippen LogP contribution in [0.1, 0.15) is 29.0 Å². The quantitative estimate of drug-likeness (QED) is 0.737. The maximum absolute atomic E-state index is 12.4. The standard InChI is InChI=1S/C18H20N6O/c1-11-17(18(25)21-10-14(19)12-7-8-12)22-23-24(11)16-6-2-5-15-13(16)4-3-9-20-15/h2-6,9,12,14H,7-8,10,19H2,1H3,(H,21,25). The summed E-state index contributed by atoms with van der Waals surface area (Å²) < 4.78 is 1.68. The fourth-order valence-electron chi connectivity index (χ4n) is 3.02. The van der Waals surface area contributed by atoms with Crippen molar-refractivity contribution in [3.05, 3.63) is 47.9 Å². The Morgan fingerprint density at radius 1 is 1.36 bits per heavy atom. The maximum atomic E-state index is 12.4. The Labute approximate surface area is 145 Å².